The van der Waals surface area contributed by atoms with Crippen molar-refractivity contribution in [1.82, 2.24) is 5.32 Å². The summed E-state index contributed by atoms with van der Waals surface area (Å²) in [6, 6.07) is 1.35. The monoisotopic (exact) mass is 585 g/mol. The van der Waals surface area contributed by atoms with Gasteiger partial charge in [-0.25, -0.2) is 4.79 Å². The van der Waals surface area contributed by atoms with E-state index in [1.165, 1.54) is 7.11 Å². The standard InChI is InChI=1S/C24H51NO11Si2/c1-20(15-33-16-21(2)35-23(28)11-8-9-13-37(7,30-4)31-5)34-17-22(3)36-24(29)25-12-10-14-38(18-26,19-27)32-6/h20-22,26-27H,8-19H2,1-7H3,(H,25,29). The Bertz CT molecular complexity index is 628. The molecular weight excluding hydrogens is 534 g/mol. The lowest BCUT2D eigenvalue weighted by molar-refractivity contribution is -0.152. The molecule has 0 spiro atoms. The minimum atomic E-state index is -2.53. The van der Waals surface area contributed by atoms with Crippen molar-refractivity contribution < 1.29 is 52.0 Å². The van der Waals surface area contributed by atoms with E-state index < -0.39 is 29.1 Å². The van der Waals surface area contributed by atoms with Gasteiger partial charge in [0.05, 0.1) is 38.4 Å². The van der Waals surface area contributed by atoms with Gasteiger partial charge in [-0.15, -0.1) is 0 Å². The molecule has 0 heterocycles. The van der Waals surface area contributed by atoms with E-state index in [0.29, 0.717) is 38.5 Å². The lowest BCUT2D eigenvalue weighted by Gasteiger charge is -2.25. The van der Waals surface area contributed by atoms with Crippen molar-refractivity contribution in [1.29, 1.82) is 0 Å². The molecule has 0 aromatic rings. The molecule has 3 N–H and O–H groups in total. The van der Waals surface area contributed by atoms with Crippen LogP contribution in [0.3, 0.4) is 0 Å². The second-order valence-electron chi connectivity index (χ2n) is 9.68. The van der Waals surface area contributed by atoms with Crippen LogP contribution in [-0.4, -0.2) is 118 Å². The Morgan fingerprint density at radius 3 is 1.97 bits per heavy atom. The van der Waals surface area contributed by atoms with Crippen molar-refractivity contribution in [2.45, 2.75) is 83.4 Å². The van der Waals surface area contributed by atoms with Crippen LogP contribution in [0.25, 0.3) is 0 Å². The smallest absolute Gasteiger partial charge is 0.407 e. The molecule has 38 heavy (non-hydrogen) atoms. The van der Waals surface area contributed by atoms with Gasteiger partial charge in [0.15, 0.2) is 0 Å². The van der Waals surface area contributed by atoms with Crippen LogP contribution in [0.2, 0.25) is 18.6 Å². The summed E-state index contributed by atoms with van der Waals surface area (Å²) in [4.78, 5) is 24.0. The first kappa shape index (κ1) is 36.9. The summed E-state index contributed by atoms with van der Waals surface area (Å²) < 4.78 is 38.1. The van der Waals surface area contributed by atoms with Crippen LogP contribution >= 0.6 is 0 Å². The van der Waals surface area contributed by atoms with Crippen LogP contribution in [0.4, 0.5) is 4.79 Å². The fourth-order valence-corrected chi connectivity index (χ4v) is 6.53. The number of nitrogens with one attached hydrogen (secondary N) is 1. The molecule has 0 fully saturated rings. The number of alkyl carbamates (subject to hydrolysis) is 1. The predicted octanol–water partition coefficient (Wildman–Crippen LogP) is 2.03. The van der Waals surface area contributed by atoms with Crippen LogP contribution in [-0.2, 0) is 37.0 Å². The lowest BCUT2D eigenvalue weighted by Crippen LogP contribution is -2.47. The topological polar surface area (TPSA) is 151 Å². The Labute approximate surface area is 230 Å². The van der Waals surface area contributed by atoms with Gasteiger partial charge in [0.1, 0.15) is 12.2 Å². The number of carbonyl (C=O) groups is 2. The molecule has 0 aliphatic rings. The number of hydrogen-bond donors (Lipinski definition) is 3. The maximum absolute atomic E-state index is 12.0. The van der Waals surface area contributed by atoms with E-state index in [4.69, 9.17) is 32.2 Å². The van der Waals surface area contributed by atoms with E-state index in [1.54, 1.807) is 28.1 Å². The number of aliphatic hydroxyl groups excluding tert-OH is 2. The number of ether oxygens (including phenoxy) is 4. The van der Waals surface area contributed by atoms with Crippen molar-refractivity contribution in [3.05, 3.63) is 0 Å². The Hall–Kier alpha value is -1.11. The molecule has 0 saturated heterocycles. The molecule has 226 valence electrons. The van der Waals surface area contributed by atoms with Gasteiger partial charge in [0.2, 0.25) is 8.32 Å². The molecule has 1 amide bonds. The number of unbranched alkanes of at least 4 members (excludes halogenated alkanes) is 1. The summed E-state index contributed by atoms with van der Waals surface area (Å²) >= 11 is 0. The Morgan fingerprint density at radius 2 is 1.39 bits per heavy atom. The minimum Gasteiger partial charge on any atom is -0.460 e. The number of esters is 1. The minimum absolute atomic E-state index is 0.170. The summed E-state index contributed by atoms with van der Waals surface area (Å²) in [6.45, 7) is 8.45. The Morgan fingerprint density at radius 1 is 0.789 bits per heavy atom. The number of aliphatic hydroxyl groups is 2. The van der Waals surface area contributed by atoms with Crippen LogP contribution < -0.4 is 5.32 Å². The van der Waals surface area contributed by atoms with E-state index in [0.717, 1.165) is 12.5 Å². The average Bonchev–Trinajstić information content (AvgIpc) is 2.90. The van der Waals surface area contributed by atoms with Gasteiger partial charge in [0, 0.05) is 34.3 Å². The van der Waals surface area contributed by atoms with E-state index in [1.807, 2.05) is 13.5 Å². The Kier molecular flexibility index (Phi) is 20.1. The zero-order chi connectivity index (χ0) is 29.0. The molecule has 0 rings (SSSR count). The maximum atomic E-state index is 12.0. The van der Waals surface area contributed by atoms with Gasteiger partial charge in [-0.05, 0) is 52.2 Å². The highest BCUT2D eigenvalue weighted by Crippen LogP contribution is 2.16. The summed E-state index contributed by atoms with van der Waals surface area (Å²) in [5.74, 6) is -0.255. The predicted molar refractivity (Wildman–Crippen MR) is 146 cm³/mol. The van der Waals surface area contributed by atoms with Crippen molar-refractivity contribution in [3.63, 3.8) is 0 Å². The molecule has 0 bridgehead atoms. The van der Waals surface area contributed by atoms with Gasteiger partial charge in [-0.3, -0.25) is 4.79 Å². The molecule has 3 atom stereocenters. The molecule has 0 aromatic carbocycles. The highest BCUT2D eigenvalue weighted by Gasteiger charge is 2.32. The van der Waals surface area contributed by atoms with E-state index in [-0.39, 0.29) is 43.9 Å². The first-order chi connectivity index (χ1) is 18.0. The van der Waals surface area contributed by atoms with Gasteiger partial charge in [-0.2, -0.15) is 0 Å². The number of carbonyl (C=O) groups excluding carboxylic acids is 2. The van der Waals surface area contributed by atoms with E-state index in [9.17, 15) is 19.8 Å². The third-order valence-corrected chi connectivity index (χ3v) is 12.4. The highest BCUT2D eigenvalue weighted by atomic mass is 28.4. The first-order valence-corrected chi connectivity index (χ1v) is 18.2. The van der Waals surface area contributed by atoms with E-state index in [2.05, 4.69) is 5.32 Å². The SMILES string of the molecule is CO[Si](CO)(CO)CCCNC(=O)OC(C)COC(C)COCC(C)OC(=O)CCCC[Si](C)(OC)OC. The van der Waals surface area contributed by atoms with Crippen molar-refractivity contribution >= 4 is 28.9 Å². The van der Waals surface area contributed by atoms with Gasteiger partial charge in [0.25, 0.3) is 0 Å². The molecule has 0 aromatic heterocycles. The van der Waals surface area contributed by atoms with Crippen molar-refractivity contribution in [2.75, 3.05) is 60.2 Å². The third-order valence-electron chi connectivity index (χ3n) is 6.17. The van der Waals surface area contributed by atoms with Gasteiger partial charge in [-0.1, -0.05) is 6.42 Å². The molecule has 12 nitrogen and oxygen atoms in total. The molecule has 0 saturated carbocycles. The van der Waals surface area contributed by atoms with E-state index >= 15 is 0 Å². The largest absolute Gasteiger partial charge is 0.460 e. The van der Waals surface area contributed by atoms with Crippen LogP contribution in [0.1, 0.15) is 46.5 Å². The molecule has 0 aliphatic heterocycles. The van der Waals surface area contributed by atoms with Crippen LogP contribution in [0.15, 0.2) is 0 Å². The number of hydrogen-bond acceptors (Lipinski definition) is 11. The van der Waals surface area contributed by atoms with Crippen LogP contribution in [0, 0.1) is 0 Å². The summed E-state index contributed by atoms with van der Waals surface area (Å²) in [5.41, 5.74) is 0. The molecular formula is C24H51NO11Si2. The number of amides is 1. The Balaban J connectivity index is 3.95. The second kappa shape index (κ2) is 20.7. The number of rotatable bonds is 23. The fourth-order valence-electron chi connectivity index (χ4n) is 3.37. The van der Waals surface area contributed by atoms with Gasteiger partial charge >= 0.3 is 20.6 Å². The van der Waals surface area contributed by atoms with Crippen LogP contribution in [0.5, 0.6) is 0 Å². The molecule has 14 heteroatoms. The average molecular weight is 586 g/mol. The quantitative estimate of drug-likeness (QED) is 0.0918. The fraction of sp³-hybridized carbons (Fsp3) is 0.917. The normalized spacial score (nSPS) is 14.6. The highest BCUT2D eigenvalue weighted by molar-refractivity contribution is 6.73. The molecule has 0 radical (unpaired) electrons. The lowest BCUT2D eigenvalue weighted by atomic mass is 10.2. The third kappa shape index (κ3) is 16.8. The van der Waals surface area contributed by atoms with Gasteiger partial charge < -0.3 is 47.8 Å². The molecule has 0 aliphatic carbocycles. The zero-order valence-corrected chi connectivity index (χ0v) is 26.3. The van der Waals surface area contributed by atoms with Crippen molar-refractivity contribution in [3.8, 4) is 0 Å². The summed E-state index contributed by atoms with van der Waals surface area (Å²) in [5, 5.41) is 21.5. The first-order valence-electron chi connectivity index (χ1n) is 13.2. The summed E-state index contributed by atoms with van der Waals surface area (Å²) in [7, 11) is 0.165. The van der Waals surface area contributed by atoms with Crippen molar-refractivity contribution in [2.24, 2.45) is 0 Å². The molecule has 3 unspecified atom stereocenters. The second-order valence-corrected chi connectivity index (χ2v) is 17.2. The maximum Gasteiger partial charge on any atom is 0.407 e. The summed E-state index contributed by atoms with van der Waals surface area (Å²) in [6.07, 6.45) is 0.485. The zero-order valence-electron chi connectivity index (χ0n) is 24.3.